The van der Waals surface area contributed by atoms with E-state index in [4.69, 9.17) is 9.84 Å². The standard InChI is InChI=1S/C10H12N2O4/c13-8(14)5-12-4-3-11-9(10(12)15)16-6-7-1-2-7/h3-4,7H,1-2,5-6H2,(H,13,14). The first-order chi connectivity index (χ1) is 7.66. The minimum atomic E-state index is -1.07. The Kier molecular flexibility index (Phi) is 2.89. The van der Waals surface area contributed by atoms with Crippen LogP contribution in [0.25, 0.3) is 0 Å². The topological polar surface area (TPSA) is 81.4 Å². The van der Waals surface area contributed by atoms with Crippen molar-refractivity contribution in [2.75, 3.05) is 6.61 Å². The molecule has 1 aliphatic carbocycles. The number of carboxylic acids is 1. The van der Waals surface area contributed by atoms with E-state index in [0.717, 1.165) is 17.4 Å². The second kappa shape index (κ2) is 4.34. The Hall–Kier alpha value is -1.85. The number of hydrogen-bond acceptors (Lipinski definition) is 4. The first kappa shape index (κ1) is 10.7. The van der Waals surface area contributed by atoms with Crippen LogP contribution >= 0.6 is 0 Å². The lowest BCUT2D eigenvalue weighted by Gasteiger charge is -2.05. The minimum Gasteiger partial charge on any atom is -0.480 e. The van der Waals surface area contributed by atoms with E-state index in [9.17, 15) is 9.59 Å². The fourth-order valence-electron chi connectivity index (χ4n) is 1.28. The maximum Gasteiger partial charge on any atom is 0.323 e. The van der Waals surface area contributed by atoms with Crippen molar-refractivity contribution in [3.8, 4) is 5.88 Å². The lowest BCUT2D eigenvalue weighted by molar-refractivity contribution is -0.137. The smallest absolute Gasteiger partial charge is 0.323 e. The number of aromatic nitrogens is 2. The van der Waals surface area contributed by atoms with Crippen LogP contribution in [-0.4, -0.2) is 27.2 Å². The summed E-state index contributed by atoms with van der Waals surface area (Å²) in [6.45, 7) is 0.112. The van der Waals surface area contributed by atoms with Crippen molar-refractivity contribution in [1.82, 2.24) is 9.55 Å². The number of ether oxygens (including phenoxy) is 1. The molecule has 86 valence electrons. The molecule has 6 nitrogen and oxygen atoms in total. The summed E-state index contributed by atoms with van der Waals surface area (Å²) in [5.41, 5.74) is -0.495. The largest absolute Gasteiger partial charge is 0.480 e. The molecule has 0 unspecified atom stereocenters. The van der Waals surface area contributed by atoms with Gasteiger partial charge >= 0.3 is 11.5 Å². The van der Waals surface area contributed by atoms with Crippen LogP contribution in [0.2, 0.25) is 0 Å². The number of rotatable bonds is 5. The zero-order valence-corrected chi connectivity index (χ0v) is 8.63. The Bertz CT molecular complexity index is 450. The van der Waals surface area contributed by atoms with E-state index in [1.807, 2.05) is 0 Å². The Morgan fingerprint density at radius 3 is 3.00 bits per heavy atom. The van der Waals surface area contributed by atoms with Gasteiger partial charge in [0, 0.05) is 12.4 Å². The van der Waals surface area contributed by atoms with E-state index in [1.165, 1.54) is 12.4 Å². The summed E-state index contributed by atoms with van der Waals surface area (Å²) in [5.74, 6) is -0.563. The molecule has 1 aliphatic rings. The van der Waals surface area contributed by atoms with Gasteiger partial charge in [0.1, 0.15) is 6.54 Å². The summed E-state index contributed by atoms with van der Waals surface area (Å²) in [6.07, 6.45) is 4.94. The molecule has 0 radical (unpaired) electrons. The lowest BCUT2D eigenvalue weighted by atomic mass is 10.5. The first-order valence-electron chi connectivity index (χ1n) is 5.07. The second-order valence-corrected chi connectivity index (χ2v) is 3.81. The van der Waals surface area contributed by atoms with E-state index < -0.39 is 11.5 Å². The molecule has 0 bridgehead atoms. The van der Waals surface area contributed by atoms with Crippen molar-refractivity contribution in [1.29, 1.82) is 0 Å². The Labute approximate surface area is 91.5 Å². The molecule has 1 fully saturated rings. The summed E-state index contributed by atoms with van der Waals surface area (Å²) in [7, 11) is 0. The van der Waals surface area contributed by atoms with Crippen molar-refractivity contribution < 1.29 is 14.6 Å². The van der Waals surface area contributed by atoms with Crippen molar-refractivity contribution >= 4 is 5.97 Å². The minimum absolute atomic E-state index is 0.0179. The molecular weight excluding hydrogens is 212 g/mol. The van der Waals surface area contributed by atoms with Crippen molar-refractivity contribution in [2.45, 2.75) is 19.4 Å². The van der Waals surface area contributed by atoms with Gasteiger partial charge in [-0.15, -0.1) is 0 Å². The van der Waals surface area contributed by atoms with Gasteiger partial charge in [-0.05, 0) is 18.8 Å². The Morgan fingerprint density at radius 2 is 2.38 bits per heavy atom. The number of carboxylic acid groups (broad SMARTS) is 1. The maximum atomic E-state index is 11.6. The zero-order valence-electron chi connectivity index (χ0n) is 8.63. The highest BCUT2D eigenvalue weighted by molar-refractivity contribution is 5.66. The van der Waals surface area contributed by atoms with E-state index >= 15 is 0 Å². The predicted molar refractivity (Wildman–Crippen MR) is 54.4 cm³/mol. The monoisotopic (exact) mass is 224 g/mol. The van der Waals surface area contributed by atoms with Gasteiger partial charge in [0.05, 0.1) is 6.61 Å². The van der Waals surface area contributed by atoms with Crippen LogP contribution < -0.4 is 10.3 Å². The van der Waals surface area contributed by atoms with Gasteiger partial charge < -0.3 is 9.84 Å². The van der Waals surface area contributed by atoms with Crippen LogP contribution in [0.5, 0.6) is 5.88 Å². The second-order valence-electron chi connectivity index (χ2n) is 3.81. The van der Waals surface area contributed by atoms with Crippen LogP contribution in [0.4, 0.5) is 0 Å². The van der Waals surface area contributed by atoms with Gasteiger partial charge in [-0.2, -0.15) is 0 Å². The van der Waals surface area contributed by atoms with E-state index in [2.05, 4.69) is 4.98 Å². The van der Waals surface area contributed by atoms with Gasteiger partial charge in [0.25, 0.3) is 5.88 Å². The molecule has 0 aromatic carbocycles. The van der Waals surface area contributed by atoms with Crippen LogP contribution in [0, 0.1) is 5.92 Å². The van der Waals surface area contributed by atoms with Gasteiger partial charge in [-0.25, -0.2) is 4.98 Å². The van der Waals surface area contributed by atoms with Crippen molar-refractivity contribution in [2.24, 2.45) is 5.92 Å². The van der Waals surface area contributed by atoms with Gasteiger partial charge in [0.2, 0.25) is 0 Å². The molecule has 6 heteroatoms. The molecule has 0 spiro atoms. The molecule has 1 heterocycles. The van der Waals surface area contributed by atoms with Crippen LogP contribution in [-0.2, 0) is 11.3 Å². The number of aliphatic carboxylic acids is 1. The predicted octanol–water partition coefficient (Wildman–Crippen LogP) is 0.117. The summed E-state index contributed by atoms with van der Waals surface area (Å²) < 4.78 is 6.31. The van der Waals surface area contributed by atoms with E-state index in [1.54, 1.807) is 0 Å². The van der Waals surface area contributed by atoms with Gasteiger partial charge in [-0.3, -0.25) is 14.2 Å². The fourth-order valence-corrected chi connectivity index (χ4v) is 1.28. The van der Waals surface area contributed by atoms with Crippen LogP contribution in [0.1, 0.15) is 12.8 Å². The molecule has 0 aliphatic heterocycles. The number of carbonyl (C=O) groups is 1. The van der Waals surface area contributed by atoms with Crippen LogP contribution in [0.15, 0.2) is 17.2 Å². The third-order valence-electron chi connectivity index (χ3n) is 2.34. The molecule has 16 heavy (non-hydrogen) atoms. The van der Waals surface area contributed by atoms with Crippen molar-refractivity contribution in [3.63, 3.8) is 0 Å². The lowest BCUT2D eigenvalue weighted by Crippen LogP contribution is -2.26. The quantitative estimate of drug-likeness (QED) is 0.768. The molecule has 1 saturated carbocycles. The maximum absolute atomic E-state index is 11.6. The van der Waals surface area contributed by atoms with Gasteiger partial charge in [-0.1, -0.05) is 0 Å². The molecule has 0 amide bonds. The highest BCUT2D eigenvalue weighted by atomic mass is 16.5. The summed E-state index contributed by atoms with van der Waals surface area (Å²) in [4.78, 5) is 25.9. The molecule has 1 N–H and O–H groups in total. The highest BCUT2D eigenvalue weighted by Gasteiger charge is 2.22. The molecule has 1 aromatic heterocycles. The highest BCUT2D eigenvalue weighted by Crippen LogP contribution is 2.28. The SMILES string of the molecule is O=C(O)Cn1ccnc(OCC2CC2)c1=O. The zero-order chi connectivity index (χ0) is 11.5. The van der Waals surface area contributed by atoms with Gasteiger partial charge in [0.15, 0.2) is 0 Å². The summed E-state index contributed by atoms with van der Waals surface area (Å²) in [5, 5.41) is 8.59. The third-order valence-corrected chi connectivity index (χ3v) is 2.34. The average Bonchev–Trinajstić information content (AvgIpc) is 3.02. The number of hydrogen-bond donors (Lipinski definition) is 1. The summed E-state index contributed by atoms with van der Waals surface area (Å²) >= 11 is 0. The molecule has 0 atom stereocenters. The molecule has 0 saturated heterocycles. The Morgan fingerprint density at radius 1 is 1.62 bits per heavy atom. The summed E-state index contributed by atoms with van der Waals surface area (Å²) in [6, 6.07) is 0. The van der Waals surface area contributed by atoms with Crippen molar-refractivity contribution in [3.05, 3.63) is 22.7 Å². The van der Waals surface area contributed by atoms with E-state index in [-0.39, 0.29) is 12.4 Å². The average molecular weight is 224 g/mol. The molecule has 2 rings (SSSR count). The Balaban J connectivity index is 2.11. The van der Waals surface area contributed by atoms with E-state index in [0.29, 0.717) is 12.5 Å². The normalized spacial score (nSPS) is 14.8. The first-order valence-corrected chi connectivity index (χ1v) is 5.07. The third kappa shape index (κ3) is 2.59. The number of nitrogens with zero attached hydrogens (tertiary/aromatic N) is 2. The van der Waals surface area contributed by atoms with Crippen LogP contribution in [0.3, 0.4) is 0 Å². The molecular formula is C10H12N2O4. The molecule has 1 aromatic rings. The fraction of sp³-hybridized carbons (Fsp3) is 0.500.